The highest BCUT2D eigenvalue weighted by molar-refractivity contribution is 7.15. The minimum atomic E-state index is -0.516. The summed E-state index contributed by atoms with van der Waals surface area (Å²) < 4.78 is 12.2. The van der Waals surface area contributed by atoms with Crippen LogP contribution in [0.15, 0.2) is 41.2 Å². The molecule has 0 amide bonds. The minimum Gasteiger partial charge on any atom is -0.497 e. The molecular formula is C21H17ClN4O5S. The Morgan fingerprint density at radius 3 is 2.69 bits per heavy atom. The molecule has 0 spiro atoms. The molecule has 0 unspecified atom stereocenters. The van der Waals surface area contributed by atoms with Gasteiger partial charge in [0.1, 0.15) is 11.5 Å². The number of aryl methyl sites for hydroxylation is 2. The van der Waals surface area contributed by atoms with Crippen LogP contribution in [-0.2, 0) is 12.8 Å². The molecule has 11 heteroatoms. The van der Waals surface area contributed by atoms with Crippen LogP contribution in [0.5, 0.6) is 11.5 Å². The van der Waals surface area contributed by atoms with Crippen molar-refractivity contribution < 1.29 is 14.4 Å². The van der Waals surface area contributed by atoms with Crippen molar-refractivity contribution in [2.75, 3.05) is 14.2 Å². The number of non-ortho nitro benzene ring substituents is 1. The topological polar surface area (TPSA) is 109 Å². The summed E-state index contributed by atoms with van der Waals surface area (Å²) in [5.74, 6) is 1.99. The number of aromatic nitrogens is 3. The number of nitro groups is 1. The van der Waals surface area contributed by atoms with E-state index in [0.717, 1.165) is 28.4 Å². The van der Waals surface area contributed by atoms with E-state index in [1.54, 1.807) is 14.2 Å². The fraction of sp³-hybridized carbons (Fsp3) is 0.190. The largest absolute Gasteiger partial charge is 0.497 e. The molecule has 4 rings (SSSR count). The zero-order valence-electron chi connectivity index (χ0n) is 17.1. The summed E-state index contributed by atoms with van der Waals surface area (Å²) in [5.41, 5.74) is 0.864. The molecule has 0 bridgehead atoms. The third-order valence-electron chi connectivity index (χ3n) is 4.81. The first kappa shape index (κ1) is 21.7. The molecule has 0 saturated carbocycles. The predicted octanol–water partition coefficient (Wildman–Crippen LogP) is 3.06. The summed E-state index contributed by atoms with van der Waals surface area (Å²) in [7, 11) is 3.20. The van der Waals surface area contributed by atoms with E-state index < -0.39 is 4.92 Å². The molecular weight excluding hydrogens is 456 g/mol. The lowest BCUT2D eigenvalue weighted by Gasteiger charge is -2.09. The van der Waals surface area contributed by atoms with Gasteiger partial charge in [-0.1, -0.05) is 22.9 Å². The van der Waals surface area contributed by atoms with Crippen LogP contribution in [0.3, 0.4) is 0 Å². The summed E-state index contributed by atoms with van der Waals surface area (Å²) in [4.78, 5) is 28.2. The Labute approximate surface area is 190 Å². The van der Waals surface area contributed by atoms with E-state index >= 15 is 0 Å². The Morgan fingerprint density at radius 1 is 1.19 bits per heavy atom. The summed E-state index contributed by atoms with van der Waals surface area (Å²) >= 11 is 7.28. The first-order valence-corrected chi connectivity index (χ1v) is 10.6. The van der Waals surface area contributed by atoms with Crippen LogP contribution in [0, 0.1) is 10.1 Å². The zero-order chi connectivity index (χ0) is 22.8. The lowest BCUT2D eigenvalue weighted by atomic mass is 10.1. The molecule has 0 saturated heterocycles. The maximum absolute atomic E-state index is 12.8. The molecule has 0 atom stereocenters. The van der Waals surface area contributed by atoms with Crippen molar-refractivity contribution in [3.05, 3.63) is 83.4 Å². The molecule has 0 aliphatic carbocycles. The van der Waals surface area contributed by atoms with E-state index in [0.29, 0.717) is 38.7 Å². The number of nitro benzene ring substituents is 1. The number of rotatable bonds is 7. The number of halogens is 1. The first-order valence-electron chi connectivity index (χ1n) is 9.44. The SMILES string of the molecule is COc1ccc(OC)c(CCc2nc3s/c(=C\c4cc([N+](=O)[O-])ccc4Cl)c(=O)n3n2)c1. The van der Waals surface area contributed by atoms with Gasteiger partial charge in [0.05, 0.1) is 23.7 Å². The average Bonchev–Trinajstić information content (AvgIpc) is 3.31. The Hall–Kier alpha value is -3.50. The van der Waals surface area contributed by atoms with Crippen molar-refractivity contribution in [3.8, 4) is 11.5 Å². The van der Waals surface area contributed by atoms with Crippen molar-refractivity contribution in [1.29, 1.82) is 0 Å². The fourth-order valence-corrected chi connectivity index (χ4v) is 4.29. The van der Waals surface area contributed by atoms with Crippen LogP contribution >= 0.6 is 22.9 Å². The minimum absolute atomic E-state index is 0.109. The van der Waals surface area contributed by atoms with Gasteiger partial charge in [-0.3, -0.25) is 14.9 Å². The number of hydrogen-bond acceptors (Lipinski definition) is 8. The molecule has 164 valence electrons. The van der Waals surface area contributed by atoms with Gasteiger partial charge in [0.2, 0.25) is 4.96 Å². The quantitative estimate of drug-likeness (QED) is 0.300. The lowest BCUT2D eigenvalue weighted by molar-refractivity contribution is -0.384. The number of hydrogen-bond donors (Lipinski definition) is 0. The monoisotopic (exact) mass is 472 g/mol. The summed E-state index contributed by atoms with van der Waals surface area (Å²) in [6.07, 6.45) is 2.63. The Kier molecular flexibility index (Phi) is 6.06. The van der Waals surface area contributed by atoms with E-state index in [2.05, 4.69) is 10.1 Å². The molecule has 9 nitrogen and oxygen atoms in total. The molecule has 2 aromatic carbocycles. The molecule has 0 aliphatic heterocycles. The smallest absolute Gasteiger partial charge is 0.291 e. The molecule has 0 N–H and O–H groups in total. The number of thiazole rings is 1. The average molecular weight is 473 g/mol. The first-order chi connectivity index (χ1) is 15.4. The van der Waals surface area contributed by atoms with Crippen LogP contribution in [-0.4, -0.2) is 33.7 Å². The van der Waals surface area contributed by atoms with Gasteiger partial charge in [-0.05, 0) is 42.3 Å². The molecule has 4 aromatic rings. The number of fused-ring (bicyclic) bond motifs is 1. The second kappa shape index (κ2) is 8.93. The van der Waals surface area contributed by atoms with Gasteiger partial charge < -0.3 is 9.47 Å². The molecule has 2 aromatic heterocycles. The van der Waals surface area contributed by atoms with Gasteiger partial charge in [-0.15, -0.1) is 5.10 Å². The van der Waals surface area contributed by atoms with E-state index in [9.17, 15) is 14.9 Å². The molecule has 0 aliphatic rings. The standard InChI is InChI=1S/C21H17ClN4O5S/c1-30-15-5-7-17(31-2)12(10-15)3-8-19-23-21-25(24-19)20(27)18(32-21)11-13-9-14(26(28)29)4-6-16(13)22/h4-7,9-11H,3,8H2,1-2H3/b18-11-. The van der Waals surface area contributed by atoms with Gasteiger partial charge in [-0.2, -0.15) is 4.52 Å². The van der Waals surface area contributed by atoms with Gasteiger partial charge in [0, 0.05) is 29.1 Å². The van der Waals surface area contributed by atoms with Gasteiger partial charge >= 0.3 is 0 Å². The number of benzene rings is 2. The summed E-state index contributed by atoms with van der Waals surface area (Å²) in [5, 5.41) is 15.6. The third-order valence-corrected chi connectivity index (χ3v) is 6.11. The Balaban J connectivity index is 1.62. The van der Waals surface area contributed by atoms with Gasteiger partial charge in [0.15, 0.2) is 5.82 Å². The fourth-order valence-electron chi connectivity index (χ4n) is 3.20. The van der Waals surface area contributed by atoms with Crippen LogP contribution in [0.2, 0.25) is 5.02 Å². The van der Waals surface area contributed by atoms with E-state index in [1.807, 2.05) is 18.2 Å². The normalized spacial score (nSPS) is 11.8. The van der Waals surface area contributed by atoms with Crippen LogP contribution in [0.4, 0.5) is 5.69 Å². The summed E-state index contributed by atoms with van der Waals surface area (Å²) in [6, 6.07) is 9.62. The molecule has 0 fully saturated rings. The maximum atomic E-state index is 12.8. The van der Waals surface area contributed by atoms with Gasteiger partial charge in [-0.25, -0.2) is 4.98 Å². The van der Waals surface area contributed by atoms with E-state index in [1.165, 1.54) is 28.8 Å². The van der Waals surface area contributed by atoms with E-state index in [4.69, 9.17) is 21.1 Å². The summed E-state index contributed by atoms with van der Waals surface area (Å²) in [6.45, 7) is 0. The van der Waals surface area contributed by atoms with Crippen LogP contribution in [0.25, 0.3) is 11.0 Å². The van der Waals surface area contributed by atoms with Crippen molar-refractivity contribution in [2.45, 2.75) is 12.8 Å². The van der Waals surface area contributed by atoms with Crippen molar-refractivity contribution >= 4 is 39.7 Å². The van der Waals surface area contributed by atoms with Gasteiger partial charge in [0.25, 0.3) is 11.2 Å². The van der Waals surface area contributed by atoms with Crippen molar-refractivity contribution in [3.63, 3.8) is 0 Å². The number of ether oxygens (including phenoxy) is 2. The third kappa shape index (κ3) is 4.27. The van der Waals surface area contributed by atoms with E-state index in [-0.39, 0.29) is 11.2 Å². The van der Waals surface area contributed by atoms with Crippen molar-refractivity contribution in [2.24, 2.45) is 0 Å². The Bertz CT molecular complexity index is 1430. The molecule has 32 heavy (non-hydrogen) atoms. The van der Waals surface area contributed by atoms with Crippen LogP contribution < -0.4 is 19.6 Å². The lowest BCUT2D eigenvalue weighted by Crippen LogP contribution is -2.23. The highest BCUT2D eigenvalue weighted by Gasteiger charge is 2.14. The zero-order valence-corrected chi connectivity index (χ0v) is 18.6. The Morgan fingerprint density at radius 2 is 2.00 bits per heavy atom. The molecule has 2 heterocycles. The second-order valence-electron chi connectivity index (χ2n) is 6.78. The maximum Gasteiger partial charge on any atom is 0.291 e. The highest BCUT2D eigenvalue weighted by Crippen LogP contribution is 2.25. The number of nitrogens with zero attached hydrogens (tertiary/aromatic N) is 4. The molecule has 0 radical (unpaired) electrons. The van der Waals surface area contributed by atoms with Crippen LogP contribution in [0.1, 0.15) is 17.0 Å². The highest BCUT2D eigenvalue weighted by atomic mass is 35.5. The number of methoxy groups -OCH3 is 2. The van der Waals surface area contributed by atoms with Crippen molar-refractivity contribution in [1.82, 2.24) is 14.6 Å². The second-order valence-corrected chi connectivity index (χ2v) is 8.20. The predicted molar refractivity (Wildman–Crippen MR) is 121 cm³/mol.